The van der Waals surface area contributed by atoms with E-state index in [-0.39, 0.29) is 5.91 Å². The van der Waals surface area contributed by atoms with E-state index in [2.05, 4.69) is 10.3 Å². The van der Waals surface area contributed by atoms with Gasteiger partial charge in [0.2, 0.25) is 5.88 Å². The minimum Gasteiger partial charge on any atom is -0.439 e. The molecule has 0 radical (unpaired) electrons. The van der Waals surface area contributed by atoms with Gasteiger partial charge in [0.25, 0.3) is 5.91 Å². The molecule has 1 heterocycles. The van der Waals surface area contributed by atoms with Crippen LogP contribution >= 0.6 is 23.2 Å². The predicted molar refractivity (Wildman–Crippen MR) is 95.2 cm³/mol. The van der Waals surface area contributed by atoms with Crippen LogP contribution in [-0.4, -0.2) is 10.9 Å². The predicted octanol–water partition coefficient (Wildman–Crippen LogP) is 5.43. The molecule has 120 valence electrons. The Morgan fingerprint density at radius 2 is 1.88 bits per heavy atom. The fraction of sp³-hybridized carbons (Fsp3) is 0. The number of pyridine rings is 1. The van der Waals surface area contributed by atoms with E-state index in [0.29, 0.717) is 32.9 Å². The van der Waals surface area contributed by atoms with E-state index in [1.807, 2.05) is 6.07 Å². The molecule has 0 aliphatic rings. The summed E-state index contributed by atoms with van der Waals surface area (Å²) in [6.07, 6.45) is 1.63. The number of nitrogens with zero attached hydrogens (tertiary/aromatic N) is 1. The highest BCUT2D eigenvalue weighted by Gasteiger charge is 2.10. The van der Waals surface area contributed by atoms with E-state index >= 15 is 0 Å². The minimum atomic E-state index is -0.300. The number of anilines is 1. The molecule has 0 atom stereocenters. The van der Waals surface area contributed by atoms with Crippen LogP contribution in [0.2, 0.25) is 10.0 Å². The number of carbonyl (C=O) groups is 1. The Bertz CT molecular complexity index is 870. The van der Waals surface area contributed by atoms with Crippen molar-refractivity contribution in [2.24, 2.45) is 0 Å². The fourth-order valence-corrected chi connectivity index (χ4v) is 2.47. The van der Waals surface area contributed by atoms with Gasteiger partial charge in [-0.1, -0.05) is 35.3 Å². The van der Waals surface area contributed by atoms with Gasteiger partial charge in [0.1, 0.15) is 5.75 Å². The van der Waals surface area contributed by atoms with Crippen molar-refractivity contribution in [2.45, 2.75) is 0 Å². The van der Waals surface area contributed by atoms with Crippen molar-refractivity contribution >= 4 is 34.8 Å². The zero-order chi connectivity index (χ0) is 16.9. The summed E-state index contributed by atoms with van der Waals surface area (Å²) in [4.78, 5) is 16.5. The van der Waals surface area contributed by atoms with Gasteiger partial charge in [-0.15, -0.1) is 0 Å². The highest BCUT2D eigenvalue weighted by Crippen LogP contribution is 2.26. The maximum atomic E-state index is 12.4. The van der Waals surface area contributed by atoms with Crippen LogP contribution in [0.1, 0.15) is 10.4 Å². The number of hydrogen-bond acceptors (Lipinski definition) is 3. The second-order valence-corrected chi connectivity index (χ2v) is 5.72. The van der Waals surface area contributed by atoms with Crippen molar-refractivity contribution in [1.82, 2.24) is 4.98 Å². The molecule has 0 fully saturated rings. The fourth-order valence-electron chi connectivity index (χ4n) is 2.01. The number of amides is 1. The van der Waals surface area contributed by atoms with Gasteiger partial charge in [0.05, 0.1) is 10.7 Å². The highest BCUT2D eigenvalue weighted by molar-refractivity contribution is 6.36. The quantitative estimate of drug-likeness (QED) is 0.676. The van der Waals surface area contributed by atoms with Crippen LogP contribution in [0, 0.1) is 0 Å². The summed E-state index contributed by atoms with van der Waals surface area (Å²) in [5, 5.41) is 3.62. The molecule has 24 heavy (non-hydrogen) atoms. The van der Waals surface area contributed by atoms with Crippen molar-refractivity contribution in [3.8, 4) is 11.6 Å². The lowest BCUT2D eigenvalue weighted by atomic mass is 10.2. The molecule has 1 aromatic heterocycles. The molecule has 3 rings (SSSR count). The summed E-state index contributed by atoms with van der Waals surface area (Å²) in [5.74, 6) is 0.671. The summed E-state index contributed by atoms with van der Waals surface area (Å²) in [5.41, 5.74) is 0.927. The Labute approximate surface area is 149 Å². The molecule has 0 bridgehead atoms. The molecular weight excluding hydrogens is 347 g/mol. The number of benzene rings is 2. The van der Waals surface area contributed by atoms with E-state index in [9.17, 15) is 4.79 Å². The second kappa shape index (κ2) is 7.34. The second-order valence-electron chi connectivity index (χ2n) is 4.88. The van der Waals surface area contributed by atoms with E-state index in [4.69, 9.17) is 27.9 Å². The van der Waals surface area contributed by atoms with Gasteiger partial charge in [-0.3, -0.25) is 4.79 Å². The van der Waals surface area contributed by atoms with Gasteiger partial charge >= 0.3 is 0 Å². The van der Waals surface area contributed by atoms with Crippen LogP contribution in [0.5, 0.6) is 11.6 Å². The number of rotatable bonds is 4. The summed E-state index contributed by atoms with van der Waals surface area (Å²) < 4.78 is 5.62. The number of ether oxygens (including phenoxy) is 1. The summed E-state index contributed by atoms with van der Waals surface area (Å²) in [6.45, 7) is 0. The van der Waals surface area contributed by atoms with Gasteiger partial charge in [-0.2, -0.15) is 0 Å². The number of halogens is 2. The summed E-state index contributed by atoms with van der Waals surface area (Å²) in [7, 11) is 0. The third-order valence-electron chi connectivity index (χ3n) is 3.14. The molecule has 3 aromatic rings. The lowest BCUT2D eigenvalue weighted by Crippen LogP contribution is -2.12. The van der Waals surface area contributed by atoms with Crippen molar-refractivity contribution in [2.75, 3.05) is 5.32 Å². The molecule has 6 heteroatoms. The van der Waals surface area contributed by atoms with Crippen molar-refractivity contribution in [3.63, 3.8) is 0 Å². The number of aromatic nitrogens is 1. The molecule has 0 unspecified atom stereocenters. The number of hydrogen-bond donors (Lipinski definition) is 1. The Morgan fingerprint density at radius 1 is 1.00 bits per heavy atom. The summed E-state index contributed by atoms with van der Waals surface area (Å²) >= 11 is 11.9. The maximum Gasteiger partial charge on any atom is 0.255 e. The summed E-state index contributed by atoms with van der Waals surface area (Å²) in [6, 6.07) is 17.0. The minimum absolute atomic E-state index is 0.300. The van der Waals surface area contributed by atoms with Crippen LogP contribution < -0.4 is 10.1 Å². The Hall–Kier alpha value is -2.56. The van der Waals surface area contributed by atoms with Crippen molar-refractivity contribution < 1.29 is 9.53 Å². The van der Waals surface area contributed by atoms with Crippen molar-refractivity contribution in [3.05, 3.63) is 82.5 Å². The van der Waals surface area contributed by atoms with E-state index in [1.165, 1.54) is 0 Å². The Morgan fingerprint density at radius 3 is 2.62 bits per heavy atom. The highest BCUT2D eigenvalue weighted by atomic mass is 35.5. The molecular formula is C18H12Cl2N2O2. The van der Waals surface area contributed by atoms with E-state index < -0.39 is 0 Å². The van der Waals surface area contributed by atoms with Gasteiger partial charge in [0.15, 0.2) is 0 Å². The van der Waals surface area contributed by atoms with Crippen LogP contribution in [0.3, 0.4) is 0 Å². The Kier molecular flexibility index (Phi) is 4.99. The number of carbonyl (C=O) groups excluding carboxylic acids is 1. The first kappa shape index (κ1) is 16.3. The first-order chi connectivity index (χ1) is 11.6. The molecule has 4 nitrogen and oxygen atoms in total. The molecule has 0 aliphatic carbocycles. The van der Waals surface area contributed by atoms with Crippen molar-refractivity contribution in [1.29, 1.82) is 0 Å². The molecule has 0 aliphatic heterocycles. The van der Waals surface area contributed by atoms with E-state index in [0.717, 1.165) is 0 Å². The third kappa shape index (κ3) is 4.04. The average molecular weight is 359 g/mol. The third-order valence-corrected chi connectivity index (χ3v) is 3.68. The molecule has 1 amide bonds. The zero-order valence-electron chi connectivity index (χ0n) is 12.4. The van der Waals surface area contributed by atoms with Crippen LogP contribution in [0.4, 0.5) is 5.69 Å². The molecule has 0 saturated carbocycles. The molecule has 0 spiro atoms. The monoisotopic (exact) mass is 358 g/mol. The average Bonchev–Trinajstić information content (AvgIpc) is 2.58. The lowest BCUT2D eigenvalue weighted by molar-refractivity contribution is 0.102. The normalized spacial score (nSPS) is 10.2. The largest absolute Gasteiger partial charge is 0.439 e. The number of nitrogens with one attached hydrogen (secondary N) is 1. The van der Waals surface area contributed by atoms with Crippen LogP contribution in [0.25, 0.3) is 0 Å². The standard InChI is InChI=1S/C18H12Cl2N2O2/c19-13-7-8-16(15(20)11-13)22-18(23)12-4-3-5-14(10-12)24-17-6-1-2-9-21-17/h1-11H,(H,22,23). The molecule has 1 N–H and O–H groups in total. The van der Waals surface area contributed by atoms with E-state index in [1.54, 1.807) is 60.8 Å². The maximum absolute atomic E-state index is 12.4. The Balaban J connectivity index is 1.77. The van der Waals surface area contributed by atoms with Gasteiger partial charge < -0.3 is 10.1 Å². The van der Waals surface area contributed by atoms with Gasteiger partial charge in [0, 0.05) is 22.8 Å². The molecule has 0 saturated heterocycles. The van der Waals surface area contributed by atoms with Gasteiger partial charge in [-0.05, 0) is 42.5 Å². The first-order valence-electron chi connectivity index (χ1n) is 7.07. The van der Waals surface area contributed by atoms with Gasteiger partial charge in [-0.25, -0.2) is 4.98 Å². The lowest BCUT2D eigenvalue weighted by Gasteiger charge is -2.09. The first-order valence-corrected chi connectivity index (χ1v) is 7.83. The molecule has 2 aromatic carbocycles. The topological polar surface area (TPSA) is 51.2 Å². The zero-order valence-corrected chi connectivity index (χ0v) is 13.9. The van der Waals surface area contributed by atoms with Crippen LogP contribution in [-0.2, 0) is 0 Å². The smallest absolute Gasteiger partial charge is 0.255 e. The SMILES string of the molecule is O=C(Nc1ccc(Cl)cc1Cl)c1cccc(Oc2ccccn2)c1. The van der Waals surface area contributed by atoms with Crippen LogP contribution in [0.15, 0.2) is 66.9 Å².